The van der Waals surface area contributed by atoms with E-state index in [1.165, 1.54) is 31.5 Å². The van der Waals surface area contributed by atoms with Crippen molar-refractivity contribution in [1.82, 2.24) is 15.5 Å². The minimum atomic E-state index is -0.326. The van der Waals surface area contributed by atoms with E-state index < -0.39 is 0 Å². The lowest BCUT2D eigenvalue weighted by molar-refractivity contribution is 0.203. The summed E-state index contributed by atoms with van der Waals surface area (Å²) >= 11 is 0. The maximum Gasteiger partial charge on any atom is 0.191 e. The maximum atomic E-state index is 13.9. The van der Waals surface area contributed by atoms with Gasteiger partial charge in [0.05, 0.1) is 18.2 Å². The highest BCUT2D eigenvalue weighted by atomic mass is 127. The van der Waals surface area contributed by atoms with Crippen LogP contribution in [0.1, 0.15) is 50.7 Å². The van der Waals surface area contributed by atoms with Crippen molar-refractivity contribution in [2.24, 2.45) is 4.99 Å². The standard InChI is InChI=1S/C20H30FN5.HI/c1-3-5-10-26-11-8-18(9-12-26)25-20(23-4-2)24-15-17-13-16(14-22)6-7-19(17)21;/h6-7,13,18H,3-5,8-12,15H2,1-2H3,(H2,23,24,25);1H. The monoisotopic (exact) mass is 487 g/mol. The van der Waals surface area contributed by atoms with E-state index in [1.807, 2.05) is 13.0 Å². The van der Waals surface area contributed by atoms with Crippen LogP contribution in [0.2, 0.25) is 0 Å². The summed E-state index contributed by atoms with van der Waals surface area (Å²) in [6.07, 6.45) is 4.67. The minimum absolute atomic E-state index is 0. The van der Waals surface area contributed by atoms with E-state index in [0.717, 1.165) is 32.5 Å². The van der Waals surface area contributed by atoms with Crippen LogP contribution >= 0.6 is 24.0 Å². The molecule has 1 aromatic rings. The van der Waals surface area contributed by atoms with Crippen molar-refractivity contribution in [3.05, 3.63) is 35.1 Å². The van der Waals surface area contributed by atoms with Gasteiger partial charge in [-0.2, -0.15) is 5.26 Å². The zero-order valence-electron chi connectivity index (χ0n) is 16.3. The molecule has 2 N–H and O–H groups in total. The van der Waals surface area contributed by atoms with E-state index in [-0.39, 0.29) is 36.3 Å². The Hall–Kier alpha value is -1.40. The number of nitrogens with zero attached hydrogens (tertiary/aromatic N) is 3. The van der Waals surface area contributed by atoms with Crippen LogP contribution < -0.4 is 10.6 Å². The molecule has 1 heterocycles. The maximum absolute atomic E-state index is 13.9. The lowest BCUT2D eigenvalue weighted by Gasteiger charge is -2.33. The number of halogens is 2. The van der Waals surface area contributed by atoms with Crippen molar-refractivity contribution in [3.63, 3.8) is 0 Å². The van der Waals surface area contributed by atoms with Gasteiger partial charge in [0.25, 0.3) is 0 Å². The summed E-state index contributed by atoms with van der Waals surface area (Å²) in [7, 11) is 0. The molecule has 0 saturated carbocycles. The minimum Gasteiger partial charge on any atom is -0.357 e. The molecule has 150 valence electrons. The lowest BCUT2D eigenvalue weighted by atomic mass is 10.0. The summed E-state index contributed by atoms with van der Waals surface area (Å²) in [6, 6.07) is 6.81. The van der Waals surface area contributed by atoms with E-state index in [1.54, 1.807) is 6.07 Å². The second kappa shape index (κ2) is 12.9. The second-order valence-electron chi connectivity index (χ2n) is 6.73. The quantitative estimate of drug-likeness (QED) is 0.350. The average Bonchev–Trinajstić information content (AvgIpc) is 2.66. The van der Waals surface area contributed by atoms with E-state index in [9.17, 15) is 4.39 Å². The number of hydrogen-bond donors (Lipinski definition) is 2. The number of aliphatic imine (C=N–C) groups is 1. The molecule has 0 bridgehead atoms. The summed E-state index contributed by atoms with van der Waals surface area (Å²) in [5, 5.41) is 15.7. The van der Waals surface area contributed by atoms with Crippen molar-refractivity contribution in [3.8, 4) is 6.07 Å². The third-order valence-electron chi connectivity index (χ3n) is 4.68. The van der Waals surface area contributed by atoms with Crippen LogP contribution in [0.4, 0.5) is 4.39 Å². The summed E-state index contributed by atoms with van der Waals surface area (Å²) in [6.45, 7) is 8.61. The number of rotatable bonds is 7. The number of piperidine rings is 1. The fraction of sp³-hybridized carbons (Fsp3) is 0.600. The first kappa shape index (κ1) is 23.6. The Morgan fingerprint density at radius 2 is 2.07 bits per heavy atom. The van der Waals surface area contributed by atoms with Crippen LogP contribution in [-0.2, 0) is 6.54 Å². The predicted octanol–water partition coefficient (Wildman–Crippen LogP) is 3.63. The van der Waals surface area contributed by atoms with Crippen LogP contribution in [0.3, 0.4) is 0 Å². The van der Waals surface area contributed by atoms with Gasteiger partial charge >= 0.3 is 0 Å². The molecule has 1 saturated heterocycles. The molecule has 0 aliphatic carbocycles. The van der Waals surface area contributed by atoms with Gasteiger partial charge < -0.3 is 15.5 Å². The second-order valence-corrected chi connectivity index (χ2v) is 6.73. The number of benzene rings is 1. The zero-order chi connectivity index (χ0) is 18.8. The smallest absolute Gasteiger partial charge is 0.191 e. The van der Waals surface area contributed by atoms with Crippen molar-refractivity contribution in [2.75, 3.05) is 26.2 Å². The summed E-state index contributed by atoms with van der Waals surface area (Å²) in [5.41, 5.74) is 0.893. The number of hydrogen-bond acceptors (Lipinski definition) is 3. The molecule has 1 aliphatic rings. The SMILES string of the molecule is CCCCN1CCC(NC(=NCc2cc(C#N)ccc2F)NCC)CC1.I. The van der Waals surface area contributed by atoms with E-state index >= 15 is 0 Å². The molecule has 1 aromatic carbocycles. The van der Waals surface area contributed by atoms with E-state index in [2.05, 4.69) is 27.4 Å². The third-order valence-corrected chi connectivity index (χ3v) is 4.68. The Morgan fingerprint density at radius 3 is 2.70 bits per heavy atom. The summed E-state index contributed by atoms with van der Waals surface area (Å²) < 4.78 is 13.9. The van der Waals surface area contributed by atoms with Crippen LogP contribution in [0.5, 0.6) is 0 Å². The number of nitrogens with one attached hydrogen (secondary N) is 2. The molecule has 5 nitrogen and oxygen atoms in total. The first-order valence-electron chi connectivity index (χ1n) is 9.62. The molecule has 0 spiro atoms. The fourth-order valence-corrected chi connectivity index (χ4v) is 3.13. The number of unbranched alkanes of at least 4 members (excludes halogenated alkanes) is 1. The largest absolute Gasteiger partial charge is 0.357 e. The predicted molar refractivity (Wildman–Crippen MR) is 119 cm³/mol. The molecular formula is C20H31FIN5. The van der Waals surface area contributed by atoms with Crippen LogP contribution in [0, 0.1) is 17.1 Å². The molecule has 27 heavy (non-hydrogen) atoms. The van der Waals surface area contributed by atoms with Gasteiger partial charge in [-0.1, -0.05) is 13.3 Å². The first-order valence-corrected chi connectivity index (χ1v) is 9.62. The van der Waals surface area contributed by atoms with Gasteiger partial charge in [-0.3, -0.25) is 0 Å². The van der Waals surface area contributed by atoms with Gasteiger partial charge in [0.2, 0.25) is 0 Å². The topological polar surface area (TPSA) is 63.5 Å². The molecule has 0 atom stereocenters. The van der Waals surface area contributed by atoms with Crippen molar-refractivity contribution < 1.29 is 4.39 Å². The number of guanidine groups is 1. The molecular weight excluding hydrogens is 456 g/mol. The highest BCUT2D eigenvalue weighted by molar-refractivity contribution is 14.0. The third kappa shape index (κ3) is 8.01. The molecule has 0 aromatic heterocycles. The molecule has 7 heteroatoms. The van der Waals surface area contributed by atoms with Gasteiger partial charge in [-0.05, 0) is 50.9 Å². The number of nitriles is 1. The molecule has 0 radical (unpaired) electrons. The van der Waals surface area contributed by atoms with Gasteiger partial charge in [0.15, 0.2) is 5.96 Å². The van der Waals surface area contributed by atoms with Crippen molar-refractivity contribution in [2.45, 2.75) is 52.1 Å². The molecule has 2 rings (SSSR count). The van der Waals surface area contributed by atoms with Gasteiger partial charge in [0, 0.05) is 31.2 Å². The Bertz CT molecular complexity index is 636. The van der Waals surface area contributed by atoms with Crippen molar-refractivity contribution >= 4 is 29.9 Å². The average molecular weight is 487 g/mol. The van der Waals surface area contributed by atoms with Gasteiger partial charge in [-0.15, -0.1) is 24.0 Å². The van der Waals surface area contributed by atoms with Gasteiger partial charge in [0.1, 0.15) is 5.82 Å². The number of likely N-dealkylation sites (tertiary alicyclic amines) is 1. The molecule has 1 fully saturated rings. The summed E-state index contributed by atoms with van der Waals surface area (Å²) in [4.78, 5) is 7.04. The Labute approximate surface area is 179 Å². The van der Waals surface area contributed by atoms with E-state index in [4.69, 9.17) is 5.26 Å². The lowest BCUT2D eigenvalue weighted by Crippen LogP contribution is -2.48. The van der Waals surface area contributed by atoms with Gasteiger partial charge in [-0.25, -0.2) is 9.38 Å². The van der Waals surface area contributed by atoms with Crippen molar-refractivity contribution in [1.29, 1.82) is 5.26 Å². The Kier molecular flexibility index (Phi) is 11.3. The molecule has 0 amide bonds. The Balaban J connectivity index is 0.00000364. The zero-order valence-corrected chi connectivity index (χ0v) is 18.6. The Morgan fingerprint density at radius 1 is 1.33 bits per heavy atom. The molecule has 1 aliphatic heterocycles. The van der Waals surface area contributed by atoms with Crippen LogP contribution in [0.25, 0.3) is 0 Å². The summed E-state index contributed by atoms with van der Waals surface area (Å²) in [5.74, 6) is 0.383. The normalized spacial score (nSPS) is 15.7. The first-order chi connectivity index (χ1) is 12.7. The molecule has 0 unspecified atom stereocenters. The fourth-order valence-electron chi connectivity index (χ4n) is 3.13. The highest BCUT2D eigenvalue weighted by Crippen LogP contribution is 2.13. The van der Waals surface area contributed by atoms with Crippen LogP contribution in [0.15, 0.2) is 23.2 Å². The highest BCUT2D eigenvalue weighted by Gasteiger charge is 2.19. The van der Waals surface area contributed by atoms with Crippen LogP contribution in [-0.4, -0.2) is 43.1 Å². The van der Waals surface area contributed by atoms with E-state index in [0.29, 0.717) is 23.1 Å².